The molecule has 0 saturated heterocycles. The van der Waals surface area contributed by atoms with Crippen LogP contribution < -0.4 is 0 Å². The predicted molar refractivity (Wildman–Crippen MR) is 163 cm³/mol. The Morgan fingerprint density at radius 2 is 1.05 bits per heavy atom. The number of nitrogens with zero attached hydrogens (tertiary/aromatic N) is 2. The van der Waals surface area contributed by atoms with Crippen molar-refractivity contribution in [2.45, 2.75) is 92.3 Å². The van der Waals surface area contributed by atoms with Gasteiger partial charge in [-0.1, -0.05) is 54.4 Å². The van der Waals surface area contributed by atoms with Gasteiger partial charge in [0.05, 0.1) is 41.3 Å². The largest absolute Gasteiger partial charge is 0.458 e. The number of quaternary nitrogens is 2. The molecule has 0 radical (unpaired) electrons. The Bertz CT molecular complexity index is 707. The highest BCUT2D eigenvalue weighted by molar-refractivity contribution is 7.99. The quantitative estimate of drug-likeness (QED) is 0.148. The lowest BCUT2D eigenvalue weighted by molar-refractivity contribution is -0.881. The summed E-state index contributed by atoms with van der Waals surface area (Å²) in [5.74, 6) is 5.18. The third-order valence-corrected chi connectivity index (χ3v) is 10.2. The van der Waals surface area contributed by atoms with Crippen molar-refractivity contribution >= 4 is 23.7 Å². The van der Waals surface area contributed by atoms with Gasteiger partial charge in [-0.15, -0.1) is 0 Å². The number of likely N-dealkylation sites (N-methyl/N-ethyl adjacent to an activating group) is 2. The van der Waals surface area contributed by atoms with Crippen LogP contribution in [0.2, 0.25) is 0 Å². The van der Waals surface area contributed by atoms with E-state index in [1.807, 2.05) is 11.8 Å². The van der Waals surface area contributed by atoms with Crippen LogP contribution in [0.4, 0.5) is 0 Å². The van der Waals surface area contributed by atoms with Gasteiger partial charge in [-0.25, -0.2) is 9.59 Å². The van der Waals surface area contributed by atoms with Crippen molar-refractivity contribution in [3.8, 4) is 0 Å². The molecule has 2 rings (SSSR count). The van der Waals surface area contributed by atoms with Gasteiger partial charge in [0.2, 0.25) is 0 Å². The van der Waals surface area contributed by atoms with E-state index in [0.717, 1.165) is 50.3 Å². The first-order valence-corrected chi connectivity index (χ1v) is 16.8. The molecule has 0 amide bonds. The summed E-state index contributed by atoms with van der Waals surface area (Å²) in [6.45, 7) is 16.2. The molecule has 0 spiro atoms. The highest BCUT2D eigenvalue weighted by atomic mass is 32.2. The Labute approximate surface area is 245 Å². The maximum absolute atomic E-state index is 12.9. The zero-order valence-electron chi connectivity index (χ0n) is 27.0. The summed E-state index contributed by atoms with van der Waals surface area (Å²) in [6.07, 6.45) is 6.94. The summed E-state index contributed by atoms with van der Waals surface area (Å²) in [7, 11) is 8.49. The van der Waals surface area contributed by atoms with Crippen molar-refractivity contribution in [2.24, 2.45) is 35.5 Å². The van der Waals surface area contributed by atoms with Crippen LogP contribution in [0.25, 0.3) is 0 Å². The smallest absolute Gasteiger partial charge is 0.362 e. The van der Waals surface area contributed by atoms with E-state index in [1.165, 1.54) is 12.8 Å². The lowest BCUT2D eigenvalue weighted by Gasteiger charge is -2.37. The Morgan fingerprint density at radius 3 is 1.38 bits per heavy atom. The molecule has 6 atom stereocenters. The van der Waals surface area contributed by atoms with E-state index in [0.29, 0.717) is 57.6 Å². The molecular formula is C32H62N2O4S+2. The SMILES string of the molecule is CC(C)[C@H]1CC[C@@H](C)C[C@H]1OC(=O)C[N+](C)(C)CCSCC[N+](C)(C)CC(=O)O[C@@H]1C[C@H](C)CC[C@H]1C(C)C. The number of carbonyl (C=O) groups excluding carboxylic acids is 2. The second-order valence-electron chi connectivity index (χ2n) is 15.0. The normalized spacial score (nSPS) is 28.5. The van der Waals surface area contributed by atoms with Crippen molar-refractivity contribution in [3.05, 3.63) is 0 Å². The third kappa shape index (κ3) is 12.3. The van der Waals surface area contributed by atoms with E-state index < -0.39 is 0 Å². The third-order valence-electron chi connectivity index (χ3n) is 9.28. The summed E-state index contributed by atoms with van der Waals surface area (Å²) in [5.41, 5.74) is 0. The van der Waals surface area contributed by atoms with Crippen LogP contribution in [0.1, 0.15) is 80.1 Å². The molecule has 0 N–H and O–H groups in total. The van der Waals surface area contributed by atoms with Crippen molar-refractivity contribution in [1.29, 1.82) is 0 Å². The molecule has 2 fully saturated rings. The number of thioether (sulfide) groups is 1. The summed E-state index contributed by atoms with van der Waals surface area (Å²) < 4.78 is 13.4. The minimum atomic E-state index is -0.0573. The Morgan fingerprint density at radius 1 is 0.692 bits per heavy atom. The van der Waals surface area contributed by atoms with Gasteiger partial charge < -0.3 is 18.4 Å². The first-order valence-electron chi connectivity index (χ1n) is 15.7. The molecule has 7 heteroatoms. The molecule has 0 aromatic carbocycles. The van der Waals surface area contributed by atoms with Gasteiger partial charge in [-0.2, -0.15) is 11.8 Å². The average molecular weight is 571 g/mol. The average Bonchev–Trinajstić information content (AvgIpc) is 2.77. The van der Waals surface area contributed by atoms with Crippen LogP contribution >= 0.6 is 11.8 Å². The van der Waals surface area contributed by atoms with Gasteiger partial charge in [0.15, 0.2) is 13.1 Å². The number of ether oxygens (including phenoxy) is 2. The zero-order chi connectivity index (χ0) is 29.4. The summed E-state index contributed by atoms with van der Waals surface area (Å²) in [6, 6.07) is 0. The zero-order valence-corrected chi connectivity index (χ0v) is 27.9. The fraction of sp³-hybridized carbons (Fsp3) is 0.938. The molecule has 228 valence electrons. The van der Waals surface area contributed by atoms with E-state index in [9.17, 15) is 9.59 Å². The molecule has 0 aliphatic heterocycles. The van der Waals surface area contributed by atoms with Crippen LogP contribution in [0, 0.1) is 35.5 Å². The summed E-state index contributed by atoms with van der Waals surface area (Å²) in [4.78, 5) is 25.7. The minimum Gasteiger partial charge on any atom is -0.458 e. The van der Waals surface area contributed by atoms with Crippen LogP contribution in [0.15, 0.2) is 0 Å². The Balaban J connectivity index is 1.70. The number of hydrogen-bond acceptors (Lipinski definition) is 5. The van der Waals surface area contributed by atoms with E-state index in [1.54, 1.807) is 0 Å². The van der Waals surface area contributed by atoms with Crippen molar-refractivity contribution in [3.63, 3.8) is 0 Å². The fourth-order valence-electron chi connectivity index (χ4n) is 6.50. The Hall–Kier alpha value is -0.790. The van der Waals surface area contributed by atoms with Crippen LogP contribution in [0.3, 0.4) is 0 Å². The van der Waals surface area contributed by atoms with Gasteiger partial charge >= 0.3 is 11.9 Å². The van der Waals surface area contributed by atoms with Crippen molar-refractivity contribution < 1.29 is 28.0 Å². The minimum absolute atomic E-state index is 0.0573. The predicted octanol–water partition coefficient (Wildman–Crippen LogP) is 5.88. The van der Waals surface area contributed by atoms with E-state index >= 15 is 0 Å². The molecule has 0 unspecified atom stereocenters. The van der Waals surface area contributed by atoms with Crippen LogP contribution in [0.5, 0.6) is 0 Å². The highest BCUT2D eigenvalue weighted by Crippen LogP contribution is 2.36. The second-order valence-corrected chi connectivity index (χ2v) is 16.2. The van der Waals surface area contributed by atoms with Crippen LogP contribution in [-0.2, 0) is 19.1 Å². The molecule has 6 nitrogen and oxygen atoms in total. The monoisotopic (exact) mass is 570 g/mol. The van der Waals surface area contributed by atoms with Crippen LogP contribution in [-0.4, -0.2) is 99.0 Å². The fourth-order valence-corrected chi connectivity index (χ4v) is 7.95. The van der Waals surface area contributed by atoms with Gasteiger partial charge in [0.25, 0.3) is 0 Å². The lowest BCUT2D eigenvalue weighted by atomic mass is 9.75. The number of rotatable bonds is 14. The number of esters is 2. The standard InChI is InChI=1S/C32H62N2O4S/c1-23(2)27-13-11-25(5)19-29(27)37-31(35)21-33(7,8)15-17-39-18-16-34(9,10)22-32(36)38-30-20-26(6)12-14-28(30)24(3)4/h23-30H,11-22H2,1-10H3/q+2/t25-,26-,27-,28+,29-,30-/m1/s1. The number of hydrogen-bond donors (Lipinski definition) is 0. The molecular weight excluding hydrogens is 508 g/mol. The first kappa shape index (κ1) is 34.4. The van der Waals surface area contributed by atoms with Gasteiger partial charge in [-0.05, 0) is 61.2 Å². The van der Waals surface area contributed by atoms with Crippen molar-refractivity contribution in [1.82, 2.24) is 0 Å². The molecule has 0 heterocycles. The Kier molecular flexibility index (Phi) is 13.6. The maximum atomic E-state index is 12.9. The molecule has 2 saturated carbocycles. The molecule has 2 aliphatic carbocycles. The summed E-state index contributed by atoms with van der Waals surface area (Å²) in [5, 5.41) is 0. The first-order chi connectivity index (χ1) is 18.1. The highest BCUT2D eigenvalue weighted by Gasteiger charge is 2.36. The van der Waals surface area contributed by atoms with Crippen molar-refractivity contribution in [2.75, 3.05) is 65.9 Å². The molecule has 39 heavy (non-hydrogen) atoms. The summed E-state index contributed by atoms with van der Waals surface area (Å²) >= 11 is 1.91. The lowest BCUT2D eigenvalue weighted by Crippen LogP contribution is -2.48. The molecule has 0 bridgehead atoms. The van der Waals surface area contributed by atoms with E-state index in [4.69, 9.17) is 9.47 Å². The van der Waals surface area contributed by atoms with E-state index in [-0.39, 0.29) is 24.1 Å². The number of carbonyl (C=O) groups is 2. The van der Waals surface area contributed by atoms with Gasteiger partial charge in [0, 0.05) is 11.5 Å². The molecule has 2 aliphatic rings. The van der Waals surface area contributed by atoms with Gasteiger partial charge in [0.1, 0.15) is 12.2 Å². The second kappa shape index (κ2) is 15.4. The molecule has 0 aromatic heterocycles. The maximum Gasteiger partial charge on any atom is 0.362 e. The topological polar surface area (TPSA) is 52.6 Å². The van der Waals surface area contributed by atoms with E-state index in [2.05, 4.69) is 69.7 Å². The molecule has 0 aromatic rings. The van der Waals surface area contributed by atoms with Gasteiger partial charge in [-0.3, -0.25) is 0 Å².